The molecule has 0 bridgehead atoms. The van der Waals surface area contributed by atoms with Gasteiger partial charge in [0.2, 0.25) is 0 Å². The maximum absolute atomic E-state index is 11.4. The number of aromatic nitrogens is 1. The van der Waals surface area contributed by atoms with Crippen LogP contribution in [0.1, 0.15) is 42.7 Å². The molecule has 0 spiro atoms. The maximum Gasteiger partial charge on any atom is 0.339 e. The molecule has 4 heteroatoms. The van der Waals surface area contributed by atoms with E-state index in [9.17, 15) is 4.79 Å². The van der Waals surface area contributed by atoms with Gasteiger partial charge in [-0.15, -0.1) is 0 Å². The van der Waals surface area contributed by atoms with Gasteiger partial charge in [0.1, 0.15) is 5.82 Å². The van der Waals surface area contributed by atoms with Crippen LogP contribution >= 0.6 is 0 Å². The number of nitrogens with one attached hydrogen (secondary N) is 1. The zero-order valence-corrected chi connectivity index (χ0v) is 10.9. The molecule has 0 saturated carbocycles. The number of rotatable bonds is 5. The van der Waals surface area contributed by atoms with Crippen molar-refractivity contribution in [2.75, 3.05) is 12.4 Å². The number of carbonyl (C=O) groups excluding carboxylic acids is 1. The second-order valence-corrected chi connectivity index (χ2v) is 3.98. The van der Waals surface area contributed by atoms with Gasteiger partial charge >= 0.3 is 5.97 Å². The lowest BCUT2D eigenvalue weighted by Gasteiger charge is -2.16. The van der Waals surface area contributed by atoms with Gasteiger partial charge in [-0.3, -0.25) is 0 Å². The summed E-state index contributed by atoms with van der Waals surface area (Å²) < 4.78 is 4.68. The first-order chi connectivity index (χ1) is 8.12. The number of aryl methyl sites for hydroxylation is 1. The molecule has 17 heavy (non-hydrogen) atoms. The Kier molecular flexibility index (Phi) is 4.94. The molecule has 1 N–H and O–H groups in total. The lowest BCUT2D eigenvalue weighted by Crippen LogP contribution is -2.18. The van der Waals surface area contributed by atoms with Crippen molar-refractivity contribution >= 4 is 11.8 Å². The first-order valence-corrected chi connectivity index (χ1v) is 5.94. The summed E-state index contributed by atoms with van der Waals surface area (Å²) >= 11 is 0. The molecule has 0 radical (unpaired) electrons. The Morgan fingerprint density at radius 3 is 2.53 bits per heavy atom. The standard InChI is InChI=1S/C13H20N2O2/c1-5-10(6-2)15-12-8-7-11(9(3)14-12)13(16)17-4/h7-8,10H,5-6H2,1-4H3,(H,14,15). The summed E-state index contributed by atoms with van der Waals surface area (Å²) in [4.78, 5) is 15.8. The van der Waals surface area contributed by atoms with E-state index < -0.39 is 0 Å². The molecule has 0 atom stereocenters. The third-order valence-corrected chi connectivity index (χ3v) is 2.83. The number of hydrogen-bond acceptors (Lipinski definition) is 4. The number of pyridine rings is 1. The van der Waals surface area contributed by atoms with Crippen LogP contribution < -0.4 is 5.32 Å². The monoisotopic (exact) mass is 236 g/mol. The van der Waals surface area contributed by atoms with Crippen LogP contribution in [0.25, 0.3) is 0 Å². The van der Waals surface area contributed by atoms with E-state index in [1.807, 2.05) is 13.0 Å². The highest BCUT2D eigenvalue weighted by atomic mass is 16.5. The molecule has 0 aliphatic carbocycles. The van der Waals surface area contributed by atoms with Crippen molar-refractivity contribution in [2.45, 2.75) is 39.7 Å². The number of hydrogen-bond donors (Lipinski definition) is 1. The number of carbonyl (C=O) groups is 1. The van der Waals surface area contributed by atoms with E-state index in [-0.39, 0.29) is 5.97 Å². The van der Waals surface area contributed by atoms with Gasteiger partial charge in [-0.2, -0.15) is 0 Å². The number of ether oxygens (including phenoxy) is 1. The van der Waals surface area contributed by atoms with Gasteiger partial charge in [0.25, 0.3) is 0 Å². The molecule has 1 rings (SSSR count). The number of methoxy groups -OCH3 is 1. The Morgan fingerprint density at radius 1 is 1.41 bits per heavy atom. The van der Waals surface area contributed by atoms with Gasteiger partial charge in [-0.05, 0) is 31.9 Å². The maximum atomic E-state index is 11.4. The molecule has 1 aromatic heterocycles. The molecule has 0 fully saturated rings. The SMILES string of the molecule is CCC(CC)Nc1ccc(C(=O)OC)c(C)n1. The summed E-state index contributed by atoms with van der Waals surface area (Å²) in [5.41, 5.74) is 1.20. The molecule has 0 aromatic carbocycles. The average Bonchev–Trinajstić information content (AvgIpc) is 2.35. The normalized spacial score (nSPS) is 10.4. The second kappa shape index (κ2) is 6.23. The van der Waals surface area contributed by atoms with E-state index in [1.165, 1.54) is 7.11 Å². The highest BCUT2D eigenvalue weighted by molar-refractivity contribution is 5.90. The van der Waals surface area contributed by atoms with Crippen LogP contribution in [0.3, 0.4) is 0 Å². The predicted octanol–water partition coefficient (Wildman–Crippen LogP) is 2.78. The second-order valence-electron chi connectivity index (χ2n) is 3.98. The van der Waals surface area contributed by atoms with Crippen molar-refractivity contribution in [1.82, 2.24) is 4.98 Å². The summed E-state index contributed by atoms with van der Waals surface area (Å²) in [5, 5.41) is 3.34. The molecule has 4 nitrogen and oxygen atoms in total. The van der Waals surface area contributed by atoms with Crippen LogP contribution in [-0.2, 0) is 4.74 Å². The Morgan fingerprint density at radius 2 is 2.06 bits per heavy atom. The minimum atomic E-state index is -0.343. The van der Waals surface area contributed by atoms with Crippen molar-refractivity contribution in [3.05, 3.63) is 23.4 Å². The fraction of sp³-hybridized carbons (Fsp3) is 0.538. The summed E-state index contributed by atoms with van der Waals surface area (Å²) in [6, 6.07) is 3.99. The highest BCUT2D eigenvalue weighted by Crippen LogP contribution is 2.14. The summed E-state index contributed by atoms with van der Waals surface area (Å²) in [7, 11) is 1.37. The Bertz CT molecular complexity index is 387. The van der Waals surface area contributed by atoms with E-state index in [0.717, 1.165) is 18.7 Å². The largest absolute Gasteiger partial charge is 0.465 e. The zero-order chi connectivity index (χ0) is 12.8. The lowest BCUT2D eigenvalue weighted by molar-refractivity contribution is 0.0599. The first-order valence-electron chi connectivity index (χ1n) is 5.94. The van der Waals surface area contributed by atoms with Crippen molar-refractivity contribution in [3.8, 4) is 0 Å². The van der Waals surface area contributed by atoms with E-state index in [1.54, 1.807) is 6.07 Å². The summed E-state index contributed by atoms with van der Waals surface area (Å²) in [5.74, 6) is 0.466. The smallest absolute Gasteiger partial charge is 0.339 e. The Labute approximate surface area is 102 Å². The topological polar surface area (TPSA) is 51.2 Å². The minimum Gasteiger partial charge on any atom is -0.465 e. The summed E-state index contributed by atoms with van der Waals surface area (Å²) in [6.07, 6.45) is 2.10. The van der Waals surface area contributed by atoms with Gasteiger partial charge in [-0.1, -0.05) is 13.8 Å². The quantitative estimate of drug-likeness (QED) is 0.799. The molecule has 0 aliphatic rings. The molecular weight excluding hydrogens is 216 g/mol. The van der Waals surface area contributed by atoms with E-state index >= 15 is 0 Å². The van der Waals surface area contributed by atoms with Crippen LogP contribution in [0, 0.1) is 6.92 Å². The number of nitrogens with zero attached hydrogens (tertiary/aromatic N) is 1. The van der Waals surface area contributed by atoms with Crippen molar-refractivity contribution in [3.63, 3.8) is 0 Å². The van der Waals surface area contributed by atoms with Crippen LogP contribution in [0.4, 0.5) is 5.82 Å². The molecule has 0 unspecified atom stereocenters. The average molecular weight is 236 g/mol. The third-order valence-electron chi connectivity index (χ3n) is 2.83. The van der Waals surface area contributed by atoms with E-state index in [2.05, 4.69) is 28.9 Å². The van der Waals surface area contributed by atoms with Crippen LogP contribution in [-0.4, -0.2) is 24.1 Å². The van der Waals surface area contributed by atoms with Gasteiger partial charge in [0.05, 0.1) is 18.4 Å². The zero-order valence-electron chi connectivity index (χ0n) is 10.9. The first kappa shape index (κ1) is 13.5. The molecule has 94 valence electrons. The molecule has 0 saturated heterocycles. The van der Waals surface area contributed by atoms with E-state index in [4.69, 9.17) is 0 Å². The molecule has 1 heterocycles. The lowest BCUT2D eigenvalue weighted by atomic mass is 10.1. The Balaban J connectivity index is 2.85. The number of anilines is 1. The van der Waals surface area contributed by atoms with Crippen molar-refractivity contribution in [2.24, 2.45) is 0 Å². The van der Waals surface area contributed by atoms with Crippen LogP contribution in [0.2, 0.25) is 0 Å². The highest BCUT2D eigenvalue weighted by Gasteiger charge is 2.11. The van der Waals surface area contributed by atoms with Crippen molar-refractivity contribution < 1.29 is 9.53 Å². The fourth-order valence-electron chi connectivity index (χ4n) is 1.67. The van der Waals surface area contributed by atoms with Gasteiger partial charge in [0.15, 0.2) is 0 Å². The molecular formula is C13H20N2O2. The Hall–Kier alpha value is -1.58. The van der Waals surface area contributed by atoms with Gasteiger partial charge in [-0.25, -0.2) is 9.78 Å². The van der Waals surface area contributed by atoms with E-state index in [0.29, 0.717) is 17.3 Å². The molecule has 0 amide bonds. The molecule has 1 aromatic rings. The fourth-order valence-corrected chi connectivity index (χ4v) is 1.67. The van der Waals surface area contributed by atoms with Crippen LogP contribution in [0.15, 0.2) is 12.1 Å². The number of esters is 1. The van der Waals surface area contributed by atoms with Gasteiger partial charge in [0, 0.05) is 6.04 Å². The summed E-state index contributed by atoms with van der Waals surface area (Å²) in [6.45, 7) is 6.08. The predicted molar refractivity (Wildman–Crippen MR) is 68.3 cm³/mol. The van der Waals surface area contributed by atoms with Crippen molar-refractivity contribution in [1.29, 1.82) is 0 Å². The third kappa shape index (κ3) is 3.44. The van der Waals surface area contributed by atoms with Gasteiger partial charge < -0.3 is 10.1 Å². The molecule has 0 aliphatic heterocycles. The minimum absolute atomic E-state index is 0.343. The van der Waals surface area contributed by atoms with Crippen LogP contribution in [0.5, 0.6) is 0 Å².